The van der Waals surface area contributed by atoms with E-state index in [2.05, 4.69) is 0 Å². The molecule has 3 heteroatoms. The maximum atomic E-state index is 11.0. The van der Waals surface area contributed by atoms with Gasteiger partial charge in [-0.1, -0.05) is 6.92 Å². The van der Waals surface area contributed by atoms with Crippen molar-refractivity contribution in [2.24, 2.45) is 5.92 Å². The molecule has 0 heterocycles. The van der Waals surface area contributed by atoms with Crippen LogP contribution in [0.5, 0.6) is 0 Å². The largest absolute Gasteiger partial charge is 0.377 e. The van der Waals surface area contributed by atoms with Gasteiger partial charge in [-0.3, -0.25) is 4.79 Å². The Morgan fingerprint density at radius 3 is 2.70 bits per heavy atom. The second-order valence-corrected chi connectivity index (χ2v) is 3.17. The van der Waals surface area contributed by atoms with Gasteiger partial charge in [0.1, 0.15) is 6.61 Å². The van der Waals surface area contributed by atoms with Crippen molar-refractivity contribution >= 4 is 17.5 Å². The van der Waals surface area contributed by atoms with Gasteiger partial charge in [-0.2, -0.15) is 11.8 Å². The van der Waals surface area contributed by atoms with Crippen LogP contribution in [-0.2, 0) is 9.53 Å². The fraction of sp³-hybridized carbons (Fsp3) is 0.857. The normalized spacial score (nSPS) is 13.1. The monoisotopic (exact) mass is 162 g/mol. The van der Waals surface area contributed by atoms with Crippen molar-refractivity contribution in [2.75, 3.05) is 25.7 Å². The van der Waals surface area contributed by atoms with Crippen LogP contribution in [0.2, 0.25) is 0 Å². The van der Waals surface area contributed by atoms with Crippen LogP contribution in [-0.4, -0.2) is 31.5 Å². The summed E-state index contributed by atoms with van der Waals surface area (Å²) in [5, 5.41) is 0. The Hall–Kier alpha value is -0.0200. The fourth-order valence-electron chi connectivity index (χ4n) is 0.627. The molecule has 0 saturated heterocycles. The van der Waals surface area contributed by atoms with E-state index in [0.717, 1.165) is 5.75 Å². The molecule has 0 aromatic carbocycles. The van der Waals surface area contributed by atoms with E-state index in [1.165, 1.54) is 0 Å². The summed E-state index contributed by atoms with van der Waals surface area (Å²) in [6, 6.07) is 0. The molecule has 0 aromatic rings. The zero-order chi connectivity index (χ0) is 7.98. The molecule has 2 nitrogen and oxygen atoms in total. The molecule has 0 aromatic heterocycles. The Morgan fingerprint density at radius 2 is 2.30 bits per heavy atom. The first-order valence-corrected chi connectivity index (χ1v) is 4.62. The molecule has 0 aliphatic carbocycles. The van der Waals surface area contributed by atoms with E-state index in [9.17, 15) is 4.79 Å². The molecular weight excluding hydrogens is 148 g/mol. The summed E-state index contributed by atoms with van der Waals surface area (Å²) in [6.07, 6.45) is 2.00. The van der Waals surface area contributed by atoms with Crippen molar-refractivity contribution in [2.45, 2.75) is 6.92 Å². The van der Waals surface area contributed by atoms with Crippen LogP contribution in [0, 0.1) is 5.92 Å². The van der Waals surface area contributed by atoms with Gasteiger partial charge >= 0.3 is 0 Å². The minimum Gasteiger partial charge on any atom is -0.377 e. The van der Waals surface area contributed by atoms with Crippen molar-refractivity contribution in [1.82, 2.24) is 0 Å². The predicted molar refractivity (Wildman–Crippen MR) is 44.4 cm³/mol. The number of rotatable bonds is 5. The van der Waals surface area contributed by atoms with Gasteiger partial charge in [0.15, 0.2) is 5.78 Å². The van der Waals surface area contributed by atoms with Gasteiger partial charge in [-0.15, -0.1) is 0 Å². The van der Waals surface area contributed by atoms with Crippen LogP contribution >= 0.6 is 11.8 Å². The smallest absolute Gasteiger partial charge is 0.162 e. The molecular formula is C7H14O2S. The van der Waals surface area contributed by atoms with Crippen molar-refractivity contribution < 1.29 is 9.53 Å². The number of hydrogen-bond acceptors (Lipinski definition) is 3. The fourth-order valence-corrected chi connectivity index (χ4v) is 1.31. The molecule has 0 bridgehead atoms. The topological polar surface area (TPSA) is 26.3 Å². The average molecular weight is 162 g/mol. The molecule has 0 spiro atoms. The van der Waals surface area contributed by atoms with Gasteiger partial charge in [0.05, 0.1) is 0 Å². The number of carbonyl (C=O) groups excluding carboxylic acids is 1. The van der Waals surface area contributed by atoms with E-state index in [-0.39, 0.29) is 18.3 Å². The molecule has 10 heavy (non-hydrogen) atoms. The first-order chi connectivity index (χ1) is 4.72. The second kappa shape index (κ2) is 5.74. The third-order valence-electron chi connectivity index (χ3n) is 1.25. The van der Waals surface area contributed by atoms with E-state index in [1.54, 1.807) is 18.9 Å². The molecule has 0 saturated carbocycles. The van der Waals surface area contributed by atoms with E-state index in [1.807, 2.05) is 13.2 Å². The summed E-state index contributed by atoms with van der Waals surface area (Å²) in [5.41, 5.74) is 0. The molecule has 0 aliphatic heterocycles. The molecule has 1 unspecified atom stereocenters. The third-order valence-corrected chi connectivity index (χ3v) is 2.09. The number of carbonyl (C=O) groups is 1. The maximum Gasteiger partial charge on any atom is 0.162 e. The van der Waals surface area contributed by atoms with Crippen molar-refractivity contribution in [3.05, 3.63) is 0 Å². The summed E-state index contributed by atoms with van der Waals surface area (Å²) in [7, 11) is 1.55. The SMILES string of the molecule is COCC(=O)C(C)CSC. The highest BCUT2D eigenvalue weighted by Crippen LogP contribution is 2.05. The Morgan fingerprint density at radius 1 is 1.70 bits per heavy atom. The standard InChI is InChI=1S/C7H14O2S/c1-6(5-10-3)7(8)4-9-2/h6H,4-5H2,1-3H3. The van der Waals surface area contributed by atoms with Gasteiger partial charge in [0.2, 0.25) is 0 Å². The van der Waals surface area contributed by atoms with E-state index < -0.39 is 0 Å². The first-order valence-electron chi connectivity index (χ1n) is 3.23. The molecule has 0 fully saturated rings. The summed E-state index contributed by atoms with van der Waals surface area (Å²) in [4.78, 5) is 11.0. The van der Waals surface area contributed by atoms with Gasteiger partial charge in [0.25, 0.3) is 0 Å². The van der Waals surface area contributed by atoms with Crippen LogP contribution in [0.3, 0.4) is 0 Å². The van der Waals surface area contributed by atoms with Gasteiger partial charge in [-0.05, 0) is 6.26 Å². The minimum absolute atomic E-state index is 0.134. The molecule has 0 N–H and O–H groups in total. The van der Waals surface area contributed by atoms with Crippen LogP contribution in [0.15, 0.2) is 0 Å². The Bertz CT molecular complexity index is 104. The van der Waals surface area contributed by atoms with E-state index in [0.29, 0.717) is 0 Å². The van der Waals surface area contributed by atoms with E-state index in [4.69, 9.17) is 4.74 Å². The maximum absolute atomic E-state index is 11.0. The average Bonchev–Trinajstić information content (AvgIpc) is 1.89. The molecule has 0 radical (unpaired) electrons. The van der Waals surface area contributed by atoms with Crippen LogP contribution in [0.1, 0.15) is 6.92 Å². The zero-order valence-electron chi connectivity index (χ0n) is 6.72. The molecule has 0 aliphatic rings. The predicted octanol–water partition coefficient (Wildman–Crippen LogP) is 1.20. The molecule has 1 atom stereocenters. The molecule has 0 amide bonds. The van der Waals surface area contributed by atoms with E-state index >= 15 is 0 Å². The lowest BCUT2D eigenvalue weighted by Crippen LogP contribution is -2.18. The van der Waals surface area contributed by atoms with Gasteiger partial charge < -0.3 is 4.74 Å². The van der Waals surface area contributed by atoms with Crippen LogP contribution in [0.4, 0.5) is 0 Å². The highest BCUT2D eigenvalue weighted by Gasteiger charge is 2.10. The third kappa shape index (κ3) is 3.90. The summed E-state index contributed by atoms with van der Waals surface area (Å²) in [6.45, 7) is 2.18. The second-order valence-electron chi connectivity index (χ2n) is 2.26. The lowest BCUT2D eigenvalue weighted by atomic mass is 10.1. The zero-order valence-corrected chi connectivity index (χ0v) is 7.53. The number of methoxy groups -OCH3 is 1. The first kappa shape index (κ1) is 9.98. The number of ether oxygens (including phenoxy) is 1. The lowest BCUT2D eigenvalue weighted by Gasteiger charge is -2.06. The highest BCUT2D eigenvalue weighted by atomic mass is 32.2. The minimum atomic E-state index is 0.134. The summed E-state index contributed by atoms with van der Waals surface area (Å²) in [5.74, 6) is 1.22. The quantitative estimate of drug-likeness (QED) is 0.607. The Balaban J connectivity index is 3.49. The van der Waals surface area contributed by atoms with Gasteiger partial charge in [0, 0.05) is 18.8 Å². The van der Waals surface area contributed by atoms with Crippen molar-refractivity contribution in [3.8, 4) is 0 Å². The van der Waals surface area contributed by atoms with Crippen molar-refractivity contribution in [3.63, 3.8) is 0 Å². The number of hydrogen-bond donors (Lipinski definition) is 0. The van der Waals surface area contributed by atoms with Gasteiger partial charge in [-0.25, -0.2) is 0 Å². The summed E-state index contributed by atoms with van der Waals surface area (Å²) >= 11 is 1.69. The molecule has 0 rings (SSSR count). The van der Waals surface area contributed by atoms with Crippen molar-refractivity contribution in [1.29, 1.82) is 0 Å². The van der Waals surface area contributed by atoms with Crippen LogP contribution in [0.25, 0.3) is 0 Å². The molecule has 60 valence electrons. The lowest BCUT2D eigenvalue weighted by molar-refractivity contribution is -0.125. The number of Topliss-reactive ketones (excluding diaryl/α,β-unsaturated/α-hetero) is 1. The number of thioether (sulfide) groups is 1. The number of ketones is 1. The Kier molecular flexibility index (Phi) is 5.73. The highest BCUT2D eigenvalue weighted by molar-refractivity contribution is 7.98. The summed E-state index contributed by atoms with van der Waals surface area (Å²) < 4.78 is 4.71. The van der Waals surface area contributed by atoms with Crippen LogP contribution < -0.4 is 0 Å². The Labute approximate surface area is 66.3 Å².